The fourth-order valence-corrected chi connectivity index (χ4v) is 3.04. The normalized spacial score (nSPS) is 10.9. The summed E-state index contributed by atoms with van der Waals surface area (Å²) in [5, 5.41) is 1.97. The van der Waals surface area contributed by atoms with Crippen LogP contribution in [-0.2, 0) is 0 Å². The van der Waals surface area contributed by atoms with Crippen LogP contribution >= 0.6 is 27.3 Å². The molecule has 2 aromatic heterocycles. The van der Waals surface area contributed by atoms with Crippen LogP contribution in [0.25, 0.3) is 10.2 Å². The van der Waals surface area contributed by atoms with E-state index in [1.165, 1.54) is 29.8 Å². The zero-order valence-corrected chi connectivity index (χ0v) is 12.8. The van der Waals surface area contributed by atoms with Crippen LogP contribution in [-0.4, -0.2) is 9.97 Å². The largest absolute Gasteiger partial charge is 0.435 e. The van der Waals surface area contributed by atoms with Gasteiger partial charge < -0.3 is 10.5 Å². The van der Waals surface area contributed by atoms with Crippen molar-refractivity contribution in [3.05, 3.63) is 39.7 Å². The van der Waals surface area contributed by atoms with Crippen LogP contribution in [0.5, 0.6) is 11.6 Å². The number of halogens is 2. The van der Waals surface area contributed by atoms with E-state index in [9.17, 15) is 4.39 Å². The van der Waals surface area contributed by atoms with Crippen LogP contribution in [0, 0.1) is 12.7 Å². The molecule has 0 fully saturated rings. The Hall–Kier alpha value is -1.73. The van der Waals surface area contributed by atoms with Crippen molar-refractivity contribution in [1.82, 2.24) is 9.97 Å². The molecule has 7 heteroatoms. The van der Waals surface area contributed by atoms with E-state index in [0.717, 1.165) is 15.8 Å². The molecule has 2 heterocycles. The Kier molecular flexibility index (Phi) is 3.31. The van der Waals surface area contributed by atoms with Crippen LogP contribution in [0.2, 0.25) is 0 Å². The van der Waals surface area contributed by atoms with Crippen molar-refractivity contribution in [1.29, 1.82) is 0 Å². The van der Waals surface area contributed by atoms with E-state index in [-0.39, 0.29) is 5.75 Å². The summed E-state index contributed by atoms with van der Waals surface area (Å²) in [4.78, 5) is 8.30. The Balaban J connectivity index is 2.08. The fraction of sp³-hybridized carbons (Fsp3) is 0.0769. The van der Waals surface area contributed by atoms with Gasteiger partial charge in [0.15, 0.2) is 5.75 Å². The highest BCUT2D eigenvalue weighted by molar-refractivity contribution is 9.10. The predicted octanol–water partition coefficient (Wildman–Crippen LogP) is 4.28. The van der Waals surface area contributed by atoms with Crippen LogP contribution in [0.3, 0.4) is 0 Å². The van der Waals surface area contributed by atoms with Crippen molar-refractivity contribution < 1.29 is 9.13 Å². The molecule has 2 N–H and O–H groups in total. The molecule has 0 aliphatic carbocycles. The van der Waals surface area contributed by atoms with E-state index in [1.807, 2.05) is 12.3 Å². The topological polar surface area (TPSA) is 61.0 Å². The Morgan fingerprint density at radius 3 is 2.95 bits per heavy atom. The number of nitrogens with two attached hydrogens (primary N) is 1. The van der Waals surface area contributed by atoms with Crippen LogP contribution in [0.4, 0.5) is 10.1 Å². The first-order valence-corrected chi connectivity index (χ1v) is 7.34. The lowest BCUT2D eigenvalue weighted by atomic mass is 10.3. The quantitative estimate of drug-likeness (QED) is 0.698. The van der Waals surface area contributed by atoms with Crippen molar-refractivity contribution in [2.24, 2.45) is 0 Å². The first kappa shape index (κ1) is 13.3. The van der Waals surface area contributed by atoms with Crippen molar-refractivity contribution in [2.45, 2.75) is 6.92 Å². The number of hydrogen-bond acceptors (Lipinski definition) is 5. The van der Waals surface area contributed by atoms with E-state index >= 15 is 0 Å². The van der Waals surface area contributed by atoms with Gasteiger partial charge in [0.2, 0.25) is 5.88 Å². The summed E-state index contributed by atoms with van der Waals surface area (Å²) in [6.45, 7) is 1.96. The van der Waals surface area contributed by atoms with Gasteiger partial charge in [0.05, 0.1) is 15.7 Å². The van der Waals surface area contributed by atoms with Crippen molar-refractivity contribution in [3.8, 4) is 11.6 Å². The average Bonchev–Trinajstić information content (AvgIpc) is 2.79. The minimum Gasteiger partial charge on any atom is -0.435 e. The fourth-order valence-electron chi connectivity index (χ4n) is 1.76. The van der Waals surface area contributed by atoms with Gasteiger partial charge in [0.1, 0.15) is 16.8 Å². The summed E-state index contributed by atoms with van der Waals surface area (Å²) in [5.41, 5.74) is 8.04. The molecule has 20 heavy (non-hydrogen) atoms. The average molecular weight is 354 g/mol. The summed E-state index contributed by atoms with van der Waals surface area (Å²) in [5.74, 6) is 0.167. The molecule has 0 saturated carbocycles. The van der Waals surface area contributed by atoms with E-state index in [1.54, 1.807) is 0 Å². The summed E-state index contributed by atoms with van der Waals surface area (Å²) >= 11 is 4.55. The number of nitrogens with zero attached hydrogens (tertiary/aromatic N) is 2. The van der Waals surface area contributed by atoms with Gasteiger partial charge in [-0.15, -0.1) is 11.3 Å². The Labute approximate surface area is 126 Å². The molecule has 1 aromatic carbocycles. The van der Waals surface area contributed by atoms with E-state index in [0.29, 0.717) is 16.0 Å². The molecule has 102 valence electrons. The second-order valence-electron chi connectivity index (χ2n) is 4.18. The molecule has 0 amide bonds. The van der Waals surface area contributed by atoms with Crippen molar-refractivity contribution in [2.75, 3.05) is 5.73 Å². The zero-order chi connectivity index (χ0) is 14.3. The molecule has 0 spiro atoms. The maximum Gasteiger partial charge on any atom is 0.240 e. The minimum atomic E-state index is -0.443. The van der Waals surface area contributed by atoms with E-state index in [4.69, 9.17) is 10.5 Å². The highest BCUT2D eigenvalue weighted by Gasteiger charge is 2.13. The number of benzene rings is 1. The molecule has 0 bridgehead atoms. The third-order valence-electron chi connectivity index (χ3n) is 2.76. The number of anilines is 1. The van der Waals surface area contributed by atoms with Crippen molar-refractivity contribution in [3.63, 3.8) is 0 Å². The Bertz CT molecular complexity index is 806. The number of aryl methyl sites for hydroxylation is 1. The van der Waals surface area contributed by atoms with Gasteiger partial charge in [0.25, 0.3) is 0 Å². The van der Waals surface area contributed by atoms with Gasteiger partial charge in [-0.3, -0.25) is 0 Å². The van der Waals surface area contributed by atoms with Gasteiger partial charge in [-0.25, -0.2) is 14.4 Å². The van der Waals surface area contributed by atoms with Gasteiger partial charge in [-0.05, 0) is 39.9 Å². The lowest BCUT2D eigenvalue weighted by Crippen LogP contribution is -1.96. The molecular formula is C13H9BrFN3OS. The predicted molar refractivity (Wildman–Crippen MR) is 80.7 cm³/mol. The SMILES string of the molecule is Cc1csc2c(Oc3cc(F)c(Br)cc3N)ncnc12. The molecule has 0 aliphatic rings. The first-order valence-electron chi connectivity index (χ1n) is 5.67. The summed E-state index contributed by atoms with van der Waals surface area (Å²) in [7, 11) is 0. The first-order chi connectivity index (χ1) is 9.56. The third-order valence-corrected chi connectivity index (χ3v) is 4.44. The third kappa shape index (κ3) is 2.23. The van der Waals surface area contributed by atoms with Crippen LogP contribution < -0.4 is 10.5 Å². The highest BCUT2D eigenvalue weighted by Crippen LogP contribution is 2.36. The van der Waals surface area contributed by atoms with Crippen LogP contribution in [0.1, 0.15) is 5.56 Å². The lowest BCUT2D eigenvalue weighted by molar-refractivity contribution is 0.466. The van der Waals surface area contributed by atoms with Gasteiger partial charge in [-0.2, -0.15) is 0 Å². The molecule has 3 aromatic rings. The number of fused-ring (bicyclic) bond motifs is 1. The lowest BCUT2D eigenvalue weighted by Gasteiger charge is -2.09. The monoisotopic (exact) mass is 353 g/mol. The number of hydrogen-bond donors (Lipinski definition) is 1. The standard InChI is InChI=1S/C13H9BrFN3OS/c1-6-4-20-12-11(6)17-5-18-13(12)19-10-3-8(15)7(14)2-9(10)16/h2-5H,16H2,1H3. The molecule has 0 unspecified atom stereocenters. The summed E-state index contributed by atoms with van der Waals surface area (Å²) in [6, 6.07) is 2.69. The molecule has 0 atom stereocenters. The maximum absolute atomic E-state index is 13.6. The molecule has 0 saturated heterocycles. The van der Waals surface area contributed by atoms with E-state index < -0.39 is 5.82 Å². The van der Waals surface area contributed by atoms with Gasteiger partial charge in [0, 0.05) is 6.07 Å². The molecule has 3 rings (SSSR count). The minimum absolute atomic E-state index is 0.233. The second-order valence-corrected chi connectivity index (χ2v) is 5.92. The smallest absolute Gasteiger partial charge is 0.240 e. The summed E-state index contributed by atoms with van der Waals surface area (Å²) in [6.07, 6.45) is 1.42. The zero-order valence-electron chi connectivity index (χ0n) is 10.4. The number of thiophene rings is 1. The molecule has 0 radical (unpaired) electrons. The van der Waals surface area contributed by atoms with Crippen LogP contribution in [0.15, 0.2) is 28.3 Å². The maximum atomic E-state index is 13.6. The number of aromatic nitrogens is 2. The van der Waals surface area contributed by atoms with Gasteiger partial charge in [-0.1, -0.05) is 0 Å². The number of nitrogen functional groups attached to an aromatic ring is 1. The Morgan fingerprint density at radius 1 is 1.35 bits per heavy atom. The molecular weight excluding hydrogens is 345 g/mol. The van der Waals surface area contributed by atoms with Gasteiger partial charge >= 0.3 is 0 Å². The number of rotatable bonds is 2. The summed E-state index contributed by atoms with van der Waals surface area (Å²) < 4.78 is 20.3. The molecule has 0 aliphatic heterocycles. The second kappa shape index (κ2) is 4.99. The molecule has 4 nitrogen and oxygen atoms in total. The highest BCUT2D eigenvalue weighted by atomic mass is 79.9. The number of ether oxygens (including phenoxy) is 1. The van der Waals surface area contributed by atoms with Crippen molar-refractivity contribution >= 4 is 43.2 Å². The Morgan fingerprint density at radius 2 is 2.15 bits per heavy atom. The van der Waals surface area contributed by atoms with E-state index in [2.05, 4.69) is 25.9 Å².